The lowest BCUT2D eigenvalue weighted by Crippen LogP contribution is -2.30. The van der Waals surface area contributed by atoms with Gasteiger partial charge in [0.15, 0.2) is 6.10 Å². The Bertz CT molecular complexity index is 1440. The third-order valence-electron chi connectivity index (χ3n) is 16.0. The summed E-state index contributed by atoms with van der Waals surface area (Å²) in [4.78, 5) is 38.2. The van der Waals surface area contributed by atoms with E-state index in [2.05, 4.69) is 81.5 Å². The minimum atomic E-state index is -0.802. The molecule has 0 amide bonds. The molecule has 0 spiro atoms. The van der Waals surface area contributed by atoms with E-state index >= 15 is 0 Å². The molecule has 0 N–H and O–H groups in total. The van der Waals surface area contributed by atoms with Crippen LogP contribution in [-0.2, 0) is 28.6 Å². The van der Waals surface area contributed by atoms with Gasteiger partial charge in [-0.25, -0.2) is 0 Å². The molecule has 0 rings (SSSR count). The standard InChI is InChI=1S/C75H136O6/c1-4-7-10-13-16-19-22-24-26-28-29-30-31-32-33-34-35-36-37-38-39-40-41-42-43-44-45-47-48-50-53-56-59-62-65-68-74(77)80-71-72(70-79-73(76)67-64-61-58-55-52-21-18-15-12-9-6-3)81-75(78)69-66-63-60-57-54-51-49-46-27-25-23-20-17-14-11-8-5-2/h8,11,17,20,25,27,49,51,57,60,72H,4-7,9-10,12-16,18-19,21-24,26,28-48,50,52-56,58-59,61-71H2,1-3H3/b11-8-,20-17-,27-25-,51-49-,60-57-. The smallest absolute Gasteiger partial charge is 0.306 e. The van der Waals surface area contributed by atoms with Gasteiger partial charge < -0.3 is 14.2 Å². The highest BCUT2D eigenvalue weighted by Crippen LogP contribution is 2.19. The van der Waals surface area contributed by atoms with E-state index in [1.807, 2.05) is 0 Å². The number of carbonyl (C=O) groups is 3. The van der Waals surface area contributed by atoms with Gasteiger partial charge in [-0.15, -0.1) is 0 Å². The maximum atomic E-state index is 12.9. The van der Waals surface area contributed by atoms with E-state index in [0.717, 1.165) is 77.0 Å². The lowest BCUT2D eigenvalue weighted by molar-refractivity contribution is -0.167. The van der Waals surface area contributed by atoms with E-state index in [1.165, 1.54) is 257 Å². The maximum Gasteiger partial charge on any atom is 0.306 e. The predicted molar refractivity (Wildman–Crippen MR) is 353 cm³/mol. The summed E-state index contributed by atoms with van der Waals surface area (Å²) in [5, 5.41) is 0. The van der Waals surface area contributed by atoms with Gasteiger partial charge in [0.1, 0.15) is 13.2 Å². The van der Waals surface area contributed by atoms with Crippen LogP contribution in [0.1, 0.15) is 380 Å². The van der Waals surface area contributed by atoms with Crippen LogP contribution in [0.15, 0.2) is 60.8 Å². The van der Waals surface area contributed by atoms with Crippen molar-refractivity contribution in [2.75, 3.05) is 13.2 Å². The van der Waals surface area contributed by atoms with Crippen molar-refractivity contribution in [3.05, 3.63) is 60.8 Å². The molecular formula is C75H136O6. The first-order valence-corrected chi connectivity index (χ1v) is 35.8. The largest absolute Gasteiger partial charge is 0.462 e. The molecule has 81 heavy (non-hydrogen) atoms. The Morgan fingerprint density at radius 2 is 0.481 bits per heavy atom. The number of hydrogen-bond donors (Lipinski definition) is 0. The second-order valence-electron chi connectivity index (χ2n) is 24.1. The Hall–Kier alpha value is -2.89. The Labute approximate surface area is 504 Å². The van der Waals surface area contributed by atoms with Crippen molar-refractivity contribution in [1.82, 2.24) is 0 Å². The normalized spacial score (nSPS) is 12.4. The number of hydrogen-bond acceptors (Lipinski definition) is 6. The van der Waals surface area contributed by atoms with Crippen LogP contribution in [0.2, 0.25) is 0 Å². The van der Waals surface area contributed by atoms with Crippen molar-refractivity contribution < 1.29 is 28.6 Å². The minimum absolute atomic E-state index is 0.0925. The molecule has 0 saturated heterocycles. The first kappa shape index (κ1) is 78.1. The van der Waals surface area contributed by atoms with E-state index in [9.17, 15) is 14.4 Å². The van der Waals surface area contributed by atoms with Gasteiger partial charge in [-0.1, -0.05) is 364 Å². The first-order chi connectivity index (χ1) is 40.0. The Morgan fingerprint density at radius 3 is 0.741 bits per heavy atom. The lowest BCUT2D eigenvalue weighted by atomic mass is 10.0. The van der Waals surface area contributed by atoms with E-state index in [1.54, 1.807) is 0 Å². The molecule has 0 saturated carbocycles. The van der Waals surface area contributed by atoms with Gasteiger partial charge in [-0.05, 0) is 57.8 Å². The summed E-state index contributed by atoms with van der Waals surface area (Å²) in [6, 6.07) is 0. The van der Waals surface area contributed by atoms with Crippen molar-refractivity contribution in [2.45, 2.75) is 386 Å². The summed E-state index contributed by atoms with van der Waals surface area (Å²) in [5.41, 5.74) is 0. The highest BCUT2D eigenvalue weighted by atomic mass is 16.6. The van der Waals surface area contributed by atoms with Gasteiger partial charge in [-0.2, -0.15) is 0 Å². The van der Waals surface area contributed by atoms with Gasteiger partial charge >= 0.3 is 17.9 Å². The Kier molecular flexibility index (Phi) is 67.1. The van der Waals surface area contributed by atoms with Crippen LogP contribution in [0, 0.1) is 0 Å². The third-order valence-corrected chi connectivity index (χ3v) is 16.0. The van der Waals surface area contributed by atoms with Crippen LogP contribution in [0.5, 0.6) is 0 Å². The summed E-state index contributed by atoms with van der Waals surface area (Å²) in [5.74, 6) is -0.933. The molecule has 0 aliphatic heterocycles. The van der Waals surface area contributed by atoms with Gasteiger partial charge in [-0.3, -0.25) is 14.4 Å². The summed E-state index contributed by atoms with van der Waals surface area (Å²) in [7, 11) is 0. The highest BCUT2D eigenvalue weighted by molar-refractivity contribution is 5.71. The van der Waals surface area contributed by atoms with Crippen molar-refractivity contribution >= 4 is 17.9 Å². The van der Waals surface area contributed by atoms with Crippen LogP contribution in [0.4, 0.5) is 0 Å². The van der Waals surface area contributed by atoms with Gasteiger partial charge in [0.25, 0.3) is 0 Å². The average molecular weight is 1130 g/mol. The second kappa shape index (κ2) is 69.6. The van der Waals surface area contributed by atoms with Crippen LogP contribution in [-0.4, -0.2) is 37.2 Å². The summed E-state index contributed by atoms with van der Waals surface area (Å²) >= 11 is 0. The molecule has 0 aromatic heterocycles. The van der Waals surface area contributed by atoms with Gasteiger partial charge in [0, 0.05) is 19.3 Å². The fourth-order valence-corrected chi connectivity index (χ4v) is 10.7. The molecule has 0 fully saturated rings. The van der Waals surface area contributed by atoms with E-state index in [-0.39, 0.29) is 37.5 Å². The Morgan fingerprint density at radius 1 is 0.259 bits per heavy atom. The molecule has 1 unspecified atom stereocenters. The predicted octanol–water partition coefficient (Wildman–Crippen LogP) is 24.7. The topological polar surface area (TPSA) is 78.9 Å². The number of rotatable bonds is 66. The van der Waals surface area contributed by atoms with Crippen LogP contribution in [0.25, 0.3) is 0 Å². The van der Waals surface area contributed by atoms with Crippen LogP contribution in [0.3, 0.4) is 0 Å². The first-order valence-electron chi connectivity index (χ1n) is 35.8. The van der Waals surface area contributed by atoms with E-state index < -0.39 is 6.10 Å². The Balaban J connectivity index is 4.07. The zero-order chi connectivity index (χ0) is 58.5. The van der Waals surface area contributed by atoms with Crippen molar-refractivity contribution in [1.29, 1.82) is 0 Å². The van der Waals surface area contributed by atoms with Crippen molar-refractivity contribution in [2.24, 2.45) is 0 Å². The zero-order valence-corrected chi connectivity index (χ0v) is 54.3. The maximum absolute atomic E-state index is 12.9. The molecule has 0 radical (unpaired) electrons. The molecule has 1 atom stereocenters. The van der Waals surface area contributed by atoms with Crippen LogP contribution < -0.4 is 0 Å². The number of ether oxygens (including phenoxy) is 3. The van der Waals surface area contributed by atoms with Crippen molar-refractivity contribution in [3.63, 3.8) is 0 Å². The number of esters is 3. The third kappa shape index (κ3) is 67.8. The highest BCUT2D eigenvalue weighted by Gasteiger charge is 2.19. The van der Waals surface area contributed by atoms with Gasteiger partial charge in [0.2, 0.25) is 0 Å². The number of carbonyl (C=O) groups excluding carboxylic acids is 3. The SMILES string of the molecule is CC/C=C\C/C=C\C/C=C\C/C=C\C/C=C\CCCC(=O)OC(COC(=O)CCCCCCCCCCCCC)COC(=O)CCCCCCCCCCCCCCCCCCCCCCCCCCCCCCCCCCCCC. The van der Waals surface area contributed by atoms with Crippen LogP contribution >= 0.6 is 0 Å². The van der Waals surface area contributed by atoms with Crippen molar-refractivity contribution in [3.8, 4) is 0 Å². The molecule has 0 aliphatic carbocycles. The quantitative estimate of drug-likeness (QED) is 0.0261. The molecule has 0 bridgehead atoms. The lowest BCUT2D eigenvalue weighted by Gasteiger charge is -2.18. The minimum Gasteiger partial charge on any atom is -0.462 e. The van der Waals surface area contributed by atoms with E-state index in [4.69, 9.17) is 14.2 Å². The second-order valence-corrected chi connectivity index (χ2v) is 24.1. The number of unbranched alkanes of at least 4 members (excludes halogenated alkanes) is 45. The van der Waals surface area contributed by atoms with E-state index in [0.29, 0.717) is 19.3 Å². The summed E-state index contributed by atoms with van der Waals surface area (Å²) < 4.78 is 16.9. The molecule has 0 heterocycles. The molecule has 0 aromatic carbocycles. The molecule has 6 heteroatoms. The molecule has 0 aliphatic rings. The summed E-state index contributed by atoms with van der Waals surface area (Å²) in [6.07, 6.45) is 90.1. The fourth-order valence-electron chi connectivity index (χ4n) is 10.7. The fraction of sp³-hybridized carbons (Fsp3) is 0.827. The number of allylic oxidation sites excluding steroid dienone is 10. The molecule has 6 nitrogen and oxygen atoms in total. The molecular weight excluding hydrogens is 997 g/mol. The molecule has 0 aromatic rings. The monoisotopic (exact) mass is 1130 g/mol. The zero-order valence-electron chi connectivity index (χ0n) is 54.3. The summed E-state index contributed by atoms with van der Waals surface area (Å²) in [6.45, 7) is 6.53. The van der Waals surface area contributed by atoms with Gasteiger partial charge in [0.05, 0.1) is 0 Å². The molecule has 472 valence electrons. The average Bonchev–Trinajstić information content (AvgIpc) is 3.47.